The largest absolute Gasteiger partial charge is 0.369 e. The number of anilines is 2. The fourth-order valence-corrected chi connectivity index (χ4v) is 5.53. The fraction of sp³-hybridized carbons (Fsp3) is 0.385. The van der Waals surface area contributed by atoms with Crippen LogP contribution in [0.5, 0.6) is 0 Å². The van der Waals surface area contributed by atoms with Crippen LogP contribution in [0.25, 0.3) is 16.7 Å². The van der Waals surface area contributed by atoms with Gasteiger partial charge in [0.25, 0.3) is 5.91 Å². The molecule has 1 atom stereocenters. The Labute approximate surface area is 202 Å². The number of carbonyl (C=O) groups is 1. The highest BCUT2D eigenvalue weighted by Gasteiger charge is 2.52. The molecule has 3 aromatic heterocycles. The summed E-state index contributed by atoms with van der Waals surface area (Å²) in [6, 6.07) is 5.61. The Bertz CT molecular complexity index is 1440. The van der Waals surface area contributed by atoms with Crippen LogP contribution in [-0.2, 0) is 0 Å². The summed E-state index contributed by atoms with van der Waals surface area (Å²) in [6.07, 6.45) is 10.2. The van der Waals surface area contributed by atoms with Crippen LogP contribution in [0.3, 0.4) is 0 Å². The molecule has 1 unspecified atom stereocenters. The molecule has 1 aliphatic carbocycles. The van der Waals surface area contributed by atoms with Crippen LogP contribution in [-0.4, -0.2) is 50.9 Å². The monoisotopic (exact) mass is 473 g/mol. The van der Waals surface area contributed by atoms with Crippen LogP contribution in [0.4, 0.5) is 15.8 Å². The molecule has 8 nitrogen and oxygen atoms in total. The Morgan fingerprint density at radius 2 is 2.00 bits per heavy atom. The van der Waals surface area contributed by atoms with Gasteiger partial charge in [-0.2, -0.15) is 0 Å². The molecular weight excluding hydrogens is 445 g/mol. The summed E-state index contributed by atoms with van der Waals surface area (Å²) in [6.45, 7) is 6.86. The van der Waals surface area contributed by atoms with Crippen molar-refractivity contribution < 1.29 is 9.18 Å². The van der Waals surface area contributed by atoms with Gasteiger partial charge in [-0.1, -0.05) is 6.92 Å². The smallest absolute Gasteiger partial charge is 0.257 e. The lowest BCUT2D eigenvalue weighted by atomic mass is 9.88. The van der Waals surface area contributed by atoms with Gasteiger partial charge in [-0.05, 0) is 44.9 Å². The van der Waals surface area contributed by atoms with Crippen LogP contribution in [0, 0.1) is 18.2 Å². The van der Waals surface area contributed by atoms with Crippen molar-refractivity contribution in [1.82, 2.24) is 24.7 Å². The molecule has 1 saturated heterocycles. The van der Waals surface area contributed by atoms with E-state index in [2.05, 4.69) is 37.4 Å². The number of pyridine rings is 1. The molecule has 6 rings (SSSR count). The topological polar surface area (TPSA) is 87.5 Å². The number of piperidine rings is 1. The van der Waals surface area contributed by atoms with Crippen LogP contribution >= 0.6 is 0 Å². The van der Waals surface area contributed by atoms with Crippen molar-refractivity contribution in [1.29, 1.82) is 0 Å². The summed E-state index contributed by atoms with van der Waals surface area (Å²) >= 11 is 0. The number of rotatable bonds is 5. The lowest BCUT2D eigenvalue weighted by molar-refractivity contribution is 0.102. The van der Waals surface area contributed by atoms with Crippen LogP contribution in [0.2, 0.25) is 0 Å². The fourth-order valence-electron chi connectivity index (χ4n) is 5.53. The van der Waals surface area contributed by atoms with Gasteiger partial charge in [-0.15, -0.1) is 0 Å². The van der Waals surface area contributed by atoms with E-state index in [4.69, 9.17) is 0 Å². The number of nitrogens with one attached hydrogen (secondary N) is 2. The molecule has 1 amide bonds. The average Bonchev–Trinajstić information content (AvgIpc) is 3.50. The third-order valence-electron chi connectivity index (χ3n) is 7.35. The molecule has 35 heavy (non-hydrogen) atoms. The van der Waals surface area contributed by atoms with Gasteiger partial charge in [-0.25, -0.2) is 9.37 Å². The van der Waals surface area contributed by atoms with Crippen molar-refractivity contribution in [2.75, 3.05) is 29.9 Å². The number of fused-ring (bicyclic) bond motifs is 2. The highest BCUT2D eigenvalue weighted by molar-refractivity contribution is 6.13. The number of halogens is 1. The van der Waals surface area contributed by atoms with E-state index in [0.29, 0.717) is 39.4 Å². The number of aryl methyl sites for hydroxylation is 1. The number of aromatic nitrogens is 4. The zero-order chi connectivity index (χ0) is 24.2. The van der Waals surface area contributed by atoms with E-state index in [-0.39, 0.29) is 11.6 Å². The van der Waals surface area contributed by atoms with Gasteiger partial charge in [0.2, 0.25) is 0 Å². The average molecular weight is 474 g/mol. The molecule has 1 aliphatic heterocycles. The van der Waals surface area contributed by atoms with Crippen molar-refractivity contribution in [3.63, 3.8) is 0 Å². The third kappa shape index (κ3) is 3.80. The summed E-state index contributed by atoms with van der Waals surface area (Å²) in [4.78, 5) is 28.9. The van der Waals surface area contributed by atoms with Gasteiger partial charge in [-0.3, -0.25) is 14.8 Å². The Morgan fingerprint density at radius 1 is 1.20 bits per heavy atom. The van der Waals surface area contributed by atoms with E-state index >= 15 is 0 Å². The highest BCUT2D eigenvalue weighted by Crippen LogP contribution is 2.53. The molecule has 1 spiro atoms. The number of carbonyl (C=O) groups excluding carboxylic acids is 1. The van der Waals surface area contributed by atoms with Gasteiger partial charge >= 0.3 is 0 Å². The molecule has 2 fully saturated rings. The first-order valence-corrected chi connectivity index (χ1v) is 12.2. The van der Waals surface area contributed by atoms with Gasteiger partial charge in [0, 0.05) is 55.4 Å². The van der Waals surface area contributed by atoms with Crippen molar-refractivity contribution in [3.8, 4) is 0 Å². The Morgan fingerprint density at radius 3 is 2.77 bits per heavy atom. The normalized spacial score (nSPS) is 18.9. The maximum atomic E-state index is 14.5. The molecule has 0 radical (unpaired) electrons. The predicted octanol–water partition coefficient (Wildman–Crippen LogP) is 3.95. The zero-order valence-electron chi connectivity index (χ0n) is 19.9. The van der Waals surface area contributed by atoms with E-state index in [1.165, 1.54) is 18.9 Å². The molecule has 2 N–H and O–H groups in total. The third-order valence-corrected chi connectivity index (χ3v) is 7.35. The van der Waals surface area contributed by atoms with Crippen molar-refractivity contribution in [2.45, 2.75) is 39.2 Å². The van der Waals surface area contributed by atoms with Crippen LogP contribution < -0.4 is 15.5 Å². The molecule has 1 saturated carbocycles. The summed E-state index contributed by atoms with van der Waals surface area (Å²) in [5.74, 6) is -0.854. The number of imidazole rings is 1. The number of benzene rings is 1. The first kappa shape index (κ1) is 21.9. The summed E-state index contributed by atoms with van der Waals surface area (Å²) in [5.41, 5.74) is 4.27. The Balaban J connectivity index is 1.31. The zero-order valence-corrected chi connectivity index (χ0v) is 19.9. The maximum Gasteiger partial charge on any atom is 0.257 e. The van der Waals surface area contributed by atoms with Crippen molar-refractivity contribution >= 4 is 34.0 Å². The number of amides is 1. The van der Waals surface area contributed by atoms with E-state index in [9.17, 15) is 9.18 Å². The second-order valence-electron chi connectivity index (χ2n) is 9.71. The Hall–Kier alpha value is -3.59. The summed E-state index contributed by atoms with van der Waals surface area (Å²) < 4.78 is 16.1. The molecule has 0 bridgehead atoms. The number of hydrogen-bond donors (Lipinski definition) is 2. The van der Waals surface area contributed by atoms with E-state index in [1.807, 2.05) is 6.07 Å². The van der Waals surface area contributed by atoms with Crippen LogP contribution in [0.1, 0.15) is 42.2 Å². The predicted molar refractivity (Wildman–Crippen MR) is 133 cm³/mol. The van der Waals surface area contributed by atoms with E-state index < -0.39 is 5.82 Å². The van der Waals surface area contributed by atoms with Crippen molar-refractivity contribution in [3.05, 3.63) is 60.1 Å². The number of nitrogens with zero attached hydrogens (tertiary/aromatic N) is 5. The minimum absolute atomic E-state index is 0.229. The lowest BCUT2D eigenvalue weighted by Gasteiger charge is -2.41. The SMILES string of the molecule is CCNC1CCN(c2ccc(C(=O)Nc3cc(F)c4nc(C)cn4c3)c3nccnc23)CC12CC2. The van der Waals surface area contributed by atoms with Gasteiger partial charge < -0.3 is 19.9 Å². The Kier molecular flexibility index (Phi) is 5.17. The summed E-state index contributed by atoms with van der Waals surface area (Å²) in [7, 11) is 0. The molecule has 180 valence electrons. The standard InChI is InChI=1S/C26H28FN7O/c1-3-28-21-6-11-33(15-26(21)7-8-26)20-5-4-18(22-23(20)30-10-9-29-22)25(35)32-17-12-19(27)24-31-16(2)13-34(24)14-17/h4-5,9-10,12-14,21,28H,3,6-8,11,15H2,1-2H3,(H,32,35). The van der Waals surface area contributed by atoms with Gasteiger partial charge in [0.15, 0.2) is 11.5 Å². The number of hydrogen-bond acceptors (Lipinski definition) is 6. The van der Waals surface area contributed by atoms with Crippen LogP contribution in [0.15, 0.2) is 43.0 Å². The van der Waals surface area contributed by atoms with E-state index in [1.54, 1.807) is 42.2 Å². The van der Waals surface area contributed by atoms with Gasteiger partial charge in [0.1, 0.15) is 11.0 Å². The minimum atomic E-state index is -0.495. The first-order chi connectivity index (χ1) is 17.0. The first-order valence-electron chi connectivity index (χ1n) is 12.2. The second kappa shape index (κ2) is 8.27. The maximum absolute atomic E-state index is 14.5. The summed E-state index contributed by atoms with van der Waals surface area (Å²) in [5, 5.41) is 6.49. The molecule has 9 heteroatoms. The van der Waals surface area contributed by atoms with Crippen molar-refractivity contribution in [2.24, 2.45) is 5.41 Å². The quantitative estimate of drug-likeness (QED) is 0.457. The minimum Gasteiger partial charge on any atom is -0.369 e. The molecule has 4 heterocycles. The second-order valence-corrected chi connectivity index (χ2v) is 9.71. The molecule has 1 aromatic carbocycles. The molecular formula is C26H28FN7O. The molecule has 2 aliphatic rings. The lowest BCUT2D eigenvalue weighted by Crippen LogP contribution is -2.51. The highest BCUT2D eigenvalue weighted by atomic mass is 19.1. The molecule has 4 aromatic rings. The van der Waals surface area contributed by atoms with Gasteiger partial charge in [0.05, 0.1) is 22.6 Å². The van der Waals surface area contributed by atoms with E-state index in [0.717, 1.165) is 31.7 Å².